The van der Waals surface area contributed by atoms with Crippen molar-refractivity contribution in [1.29, 1.82) is 0 Å². The van der Waals surface area contributed by atoms with Gasteiger partial charge in [-0.2, -0.15) is 5.90 Å². The van der Waals surface area contributed by atoms with Crippen LogP contribution in [0.25, 0.3) is 0 Å². The summed E-state index contributed by atoms with van der Waals surface area (Å²) in [6.07, 6.45) is 0. The predicted molar refractivity (Wildman–Crippen MR) is 127 cm³/mol. The van der Waals surface area contributed by atoms with Gasteiger partial charge in [-0.3, -0.25) is 4.90 Å². The average Bonchev–Trinajstić information content (AvgIpc) is 2.83. The van der Waals surface area contributed by atoms with Gasteiger partial charge in [-0.1, -0.05) is 50.8 Å². The second-order valence-corrected chi connectivity index (χ2v) is 8.21. The smallest absolute Gasteiger partial charge is 0.327 e. The Hall–Kier alpha value is -3.23. The van der Waals surface area contributed by atoms with Crippen LogP contribution in [0.3, 0.4) is 0 Å². The van der Waals surface area contributed by atoms with Crippen LogP contribution in [0.15, 0.2) is 65.8 Å². The molecule has 0 amide bonds. The topological polar surface area (TPSA) is 80.4 Å². The summed E-state index contributed by atoms with van der Waals surface area (Å²) in [6, 6.07) is 13.8. The van der Waals surface area contributed by atoms with Gasteiger partial charge >= 0.3 is 5.97 Å². The Bertz CT molecular complexity index is 1000. The van der Waals surface area contributed by atoms with E-state index < -0.39 is 11.9 Å². The van der Waals surface area contributed by atoms with Crippen molar-refractivity contribution in [2.45, 2.75) is 19.9 Å². The molecule has 1 atom stereocenters. The number of ether oxygens (including phenoxy) is 1. The van der Waals surface area contributed by atoms with Crippen LogP contribution in [0.1, 0.15) is 31.0 Å². The van der Waals surface area contributed by atoms with E-state index in [1.807, 2.05) is 49.1 Å². The first kappa shape index (κ1) is 24.4. The molecular weight excluding hydrogens is 423 g/mol. The van der Waals surface area contributed by atoms with E-state index >= 15 is 4.39 Å². The quantitative estimate of drug-likeness (QED) is 0.298. The molecule has 8 heteroatoms. The van der Waals surface area contributed by atoms with Gasteiger partial charge < -0.3 is 14.5 Å². The van der Waals surface area contributed by atoms with E-state index in [0.717, 1.165) is 5.56 Å². The number of methoxy groups -OCH3 is 1. The Kier molecular flexibility index (Phi) is 8.19. The minimum atomic E-state index is -0.486. The molecule has 1 aliphatic heterocycles. The van der Waals surface area contributed by atoms with Crippen LogP contribution in [-0.4, -0.2) is 50.1 Å². The summed E-state index contributed by atoms with van der Waals surface area (Å²) in [6.45, 7) is 10.1. The lowest BCUT2D eigenvalue weighted by atomic mass is 10.0. The van der Waals surface area contributed by atoms with Crippen LogP contribution >= 0.6 is 0 Å². The zero-order valence-corrected chi connectivity index (χ0v) is 19.3. The first-order chi connectivity index (χ1) is 15.8. The molecule has 0 bridgehead atoms. The van der Waals surface area contributed by atoms with E-state index in [9.17, 15) is 4.79 Å². The van der Waals surface area contributed by atoms with Gasteiger partial charge in [-0.05, 0) is 29.7 Å². The van der Waals surface area contributed by atoms with E-state index in [-0.39, 0.29) is 17.8 Å². The Labute approximate surface area is 194 Å². The number of allylic oxidation sites excluding steroid dienone is 1. The van der Waals surface area contributed by atoms with Crippen LogP contribution < -0.4 is 10.8 Å². The third-order valence-corrected chi connectivity index (χ3v) is 5.78. The molecule has 1 saturated heterocycles. The maximum atomic E-state index is 15.0. The van der Waals surface area contributed by atoms with Crippen molar-refractivity contribution in [1.82, 2.24) is 4.90 Å². The first-order valence-corrected chi connectivity index (χ1v) is 10.9. The van der Waals surface area contributed by atoms with Crippen molar-refractivity contribution < 1.29 is 18.8 Å². The molecule has 0 aromatic heterocycles. The highest BCUT2D eigenvalue weighted by Gasteiger charge is 2.31. The third-order valence-electron chi connectivity index (χ3n) is 5.78. The molecule has 1 heterocycles. The molecule has 1 aliphatic rings. The molecule has 2 aromatic carbocycles. The molecule has 0 aliphatic carbocycles. The molecule has 7 nitrogen and oxygen atoms in total. The summed E-state index contributed by atoms with van der Waals surface area (Å²) in [5.41, 5.74) is 2.39. The number of carbonyl (C=O) groups excluding carboxylic acids is 1. The van der Waals surface area contributed by atoms with Gasteiger partial charge in [0.2, 0.25) is 5.90 Å². The van der Waals surface area contributed by atoms with E-state index in [1.165, 1.54) is 13.2 Å². The number of hydrogen-bond donors (Lipinski definition) is 1. The number of rotatable bonds is 7. The van der Waals surface area contributed by atoms with Crippen LogP contribution in [0.4, 0.5) is 10.1 Å². The number of anilines is 1. The van der Waals surface area contributed by atoms with Crippen molar-refractivity contribution in [3.05, 3.63) is 77.8 Å². The maximum Gasteiger partial charge on any atom is 0.327 e. The number of carbonyl (C=O) groups is 1. The number of hydrogen-bond acceptors (Lipinski definition) is 7. The minimum Gasteiger partial charge on any atom is -0.468 e. The number of nitrogens with zero attached hydrogens (tertiary/aromatic N) is 3. The number of halogens is 1. The SMILES string of the molecule is C=C(N=C(ON)c1ccc(N2CCN(C(C(=O)OC)c3ccccc3)CC2)c(F)c1)C(C)C. The van der Waals surface area contributed by atoms with Crippen LogP contribution in [0, 0.1) is 11.7 Å². The molecule has 0 spiro atoms. The third kappa shape index (κ3) is 5.77. The summed E-state index contributed by atoms with van der Waals surface area (Å²) in [7, 11) is 1.39. The van der Waals surface area contributed by atoms with Crippen molar-refractivity contribution in [3.8, 4) is 0 Å². The van der Waals surface area contributed by atoms with Crippen molar-refractivity contribution in [2.24, 2.45) is 16.8 Å². The zero-order chi connectivity index (χ0) is 24.0. The molecule has 1 fully saturated rings. The van der Waals surface area contributed by atoms with Gasteiger partial charge in [0.1, 0.15) is 11.9 Å². The number of aliphatic imine (C=N–C) groups is 1. The lowest BCUT2D eigenvalue weighted by molar-refractivity contribution is -0.147. The summed E-state index contributed by atoms with van der Waals surface area (Å²) in [4.78, 5) is 25.7. The molecular formula is C25H31FN4O3. The summed E-state index contributed by atoms with van der Waals surface area (Å²) in [5.74, 6) is 4.89. The molecule has 3 rings (SSSR count). The summed E-state index contributed by atoms with van der Waals surface area (Å²) >= 11 is 0. The van der Waals surface area contributed by atoms with Gasteiger partial charge in [0, 0.05) is 37.4 Å². The highest BCUT2D eigenvalue weighted by atomic mass is 19.1. The highest BCUT2D eigenvalue weighted by Crippen LogP contribution is 2.27. The molecule has 176 valence electrons. The Morgan fingerprint density at radius 2 is 1.79 bits per heavy atom. The van der Waals surface area contributed by atoms with Gasteiger partial charge in [0.25, 0.3) is 0 Å². The monoisotopic (exact) mass is 454 g/mol. The van der Waals surface area contributed by atoms with Crippen molar-refractivity contribution in [3.63, 3.8) is 0 Å². The molecule has 2 aromatic rings. The number of nitrogens with two attached hydrogens (primary N) is 1. The van der Waals surface area contributed by atoms with Crippen LogP contribution in [0.5, 0.6) is 0 Å². The van der Waals surface area contributed by atoms with Gasteiger partial charge in [-0.15, -0.1) is 0 Å². The fourth-order valence-electron chi connectivity index (χ4n) is 3.78. The standard InChI is InChI=1S/C25H31FN4O3/c1-17(2)18(3)28-24(33-27)20-10-11-22(21(26)16-20)29-12-14-30(15-13-29)23(25(31)32-4)19-8-6-5-7-9-19/h5-11,16-17,23H,3,12-15,27H2,1-2,4H3. The first-order valence-electron chi connectivity index (χ1n) is 10.9. The zero-order valence-electron chi connectivity index (χ0n) is 19.3. The van der Waals surface area contributed by atoms with Crippen molar-refractivity contribution in [2.75, 3.05) is 38.2 Å². The Morgan fingerprint density at radius 3 is 2.33 bits per heavy atom. The fraction of sp³-hybridized carbons (Fsp3) is 0.360. The van der Waals surface area contributed by atoms with E-state index in [4.69, 9.17) is 15.5 Å². The number of benzene rings is 2. The average molecular weight is 455 g/mol. The van der Waals surface area contributed by atoms with Gasteiger partial charge in [-0.25, -0.2) is 14.2 Å². The molecule has 0 saturated carbocycles. The van der Waals surface area contributed by atoms with E-state index in [2.05, 4.69) is 16.5 Å². The molecule has 2 N–H and O–H groups in total. The fourth-order valence-corrected chi connectivity index (χ4v) is 3.78. The second-order valence-electron chi connectivity index (χ2n) is 8.21. The lowest BCUT2D eigenvalue weighted by Crippen LogP contribution is -2.49. The van der Waals surface area contributed by atoms with Crippen LogP contribution in [0.2, 0.25) is 0 Å². The van der Waals surface area contributed by atoms with Crippen molar-refractivity contribution >= 4 is 17.6 Å². The van der Waals surface area contributed by atoms with E-state index in [1.54, 1.807) is 12.1 Å². The maximum absolute atomic E-state index is 15.0. The Balaban J connectivity index is 1.74. The number of piperazine rings is 1. The highest BCUT2D eigenvalue weighted by molar-refractivity contribution is 5.95. The minimum absolute atomic E-state index is 0.111. The largest absolute Gasteiger partial charge is 0.468 e. The lowest BCUT2D eigenvalue weighted by Gasteiger charge is -2.39. The summed E-state index contributed by atoms with van der Waals surface area (Å²) in [5, 5.41) is 0. The van der Waals surface area contributed by atoms with Crippen LogP contribution in [-0.2, 0) is 14.4 Å². The van der Waals surface area contributed by atoms with E-state index in [0.29, 0.717) is 43.1 Å². The molecule has 1 unspecified atom stereocenters. The second kappa shape index (κ2) is 11.1. The molecule has 33 heavy (non-hydrogen) atoms. The predicted octanol–water partition coefficient (Wildman–Crippen LogP) is 3.67. The molecule has 0 radical (unpaired) electrons. The Morgan fingerprint density at radius 1 is 1.12 bits per heavy atom. The summed E-state index contributed by atoms with van der Waals surface area (Å²) < 4.78 is 20.1. The normalized spacial score (nSPS) is 15.9. The van der Waals surface area contributed by atoms with Gasteiger partial charge in [0.05, 0.1) is 12.8 Å². The number of esters is 1. The van der Waals surface area contributed by atoms with Gasteiger partial charge in [0.15, 0.2) is 0 Å².